The third-order valence-corrected chi connectivity index (χ3v) is 4.82. The van der Waals surface area contributed by atoms with Gasteiger partial charge in [-0.25, -0.2) is 0 Å². The smallest absolute Gasteiger partial charge is 0.276 e. The number of hydrogen-bond donors (Lipinski definition) is 2. The van der Waals surface area contributed by atoms with Gasteiger partial charge in [0.25, 0.3) is 5.91 Å². The van der Waals surface area contributed by atoms with Crippen molar-refractivity contribution in [2.45, 2.75) is 25.8 Å². The molecule has 1 saturated heterocycles. The fourth-order valence-electron chi connectivity index (χ4n) is 3.34. The monoisotopic (exact) mass is 412 g/mol. The fourth-order valence-corrected chi connectivity index (χ4v) is 3.34. The van der Waals surface area contributed by atoms with Crippen molar-refractivity contribution >= 4 is 24.0 Å². The van der Waals surface area contributed by atoms with Crippen LogP contribution in [0.1, 0.15) is 34.9 Å². The van der Waals surface area contributed by atoms with Crippen LogP contribution in [0.2, 0.25) is 0 Å². The van der Waals surface area contributed by atoms with Crippen molar-refractivity contribution in [3.63, 3.8) is 0 Å². The van der Waals surface area contributed by atoms with Gasteiger partial charge in [0.15, 0.2) is 5.69 Å². The van der Waals surface area contributed by atoms with Crippen molar-refractivity contribution in [2.24, 2.45) is 0 Å². The Morgan fingerprint density at radius 3 is 2.72 bits per heavy atom. The minimum Gasteiger partial charge on any atom is -0.457 e. The minimum atomic E-state index is -0.213. The SMILES string of the molecule is Cc1cccc(Oc2ccc(NC(=O)c3ccn(C4CCCNC4)n3)cc2)c1.Cl. The van der Waals surface area contributed by atoms with Gasteiger partial charge in [-0.05, 0) is 74.3 Å². The standard InChI is InChI=1S/C22H24N4O2.ClH/c1-16-4-2-6-20(14-16)28-19-9-7-17(8-10-19)24-22(27)21-11-13-26(25-21)18-5-3-12-23-15-18;/h2,4,6-11,13-14,18,23H,3,5,12,15H2,1H3,(H,24,27);1H. The third kappa shape index (κ3) is 5.37. The number of nitrogens with one attached hydrogen (secondary N) is 2. The molecule has 1 atom stereocenters. The average molecular weight is 413 g/mol. The first-order valence-electron chi connectivity index (χ1n) is 9.59. The number of benzene rings is 2. The molecule has 2 heterocycles. The molecule has 29 heavy (non-hydrogen) atoms. The molecule has 4 rings (SSSR count). The predicted octanol–water partition coefficient (Wildman–Crippen LogP) is 4.58. The topological polar surface area (TPSA) is 68.2 Å². The zero-order valence-corrected chi connectivity index (χ0v) is 17.1. The first-order chi connectivity index (χ1) is 13.7. The van der Waals surface area contributed by atoms with Gasteiger partial charge in [0.2, 0.25) is 0 Å². The van der Waals surface area contributed by atoms with Gasteiger partial charge >= 0.3 is 0 Å². The first kappa shape index (κ1) is 20.9. The minimum absolute atomic E-state index is 0. The Morgan fingerprint density at radius 2 is 2.00 bits per heavy atom. The summed E-state index contributed by atoms with van der Waals surface area (Å²) in [4.78, 5) is 12.5. The zero-order valence-electron chi connectivity index (χ0n) is 16.3. The number of aryl methyl sites for hydroxylation is 1. The molecular weight excluding hydrogens is 388 g/mol. The summed E-state index contributed by atoms with van der Waals surface area (Å²) in [6.07, 6.45) is 4.09. The molecule has 3 aromatic rings. The van der Waals surface area contributed by atoms with Crippen molar-refractivity contribution in [1.29, 1.82) is 0 Å². The number of nitrogens with zero attached hydrogens (tertiary/aromatic N) is 2. The van der Waals surface area contributed by atoms with Gasteiger partial charge in [-0.2, -0.15) is 5.10 Å². The third-order valence-electron chi connectivity index (χ3n) is 4.82. The number of amides is 1. The summed E-state index contributed by atoms with van der Waals surface area (Å²) >= 11 is 0. The number of ether oxygens (including phenoxy) is 1. The quantitative estimate of drug-likeness (QED) is 0.643. The number of rotatable bonds is 5. The molecule has 1 amide bonds. The van der Waals surface area contributed by atoms with E-state index in [4.69, 9.17) is 4.74 Å². The number of hydrogen-bond acceptors (Lipinski definition) is 4. The maximum atomic E-state index is 12.5. The molecule has 1 aliphatic heterocycles. The number of carbonyl (C=O) groups excluding carboxylic acids is 1. The molecule has 7 heteroatoms. The summed E-state index contributed by atoms with van der Waals surface area (Å²) in [7, 11) is 0. The van der Waals surface area contributed by atoms with E-state index in [1.807, 2.05) is 66.3 Å². The Morgan fingerprint density at radius 1 is 1.17 bits per heavy atom. The van der Waals surface area contributed by atoms with Crippen LogP contribution in [0.5, 0.6) is 11.5 Å². The van der Waals surface area contributed by atoms with Crippen molar-refractivity contribution < 1.29 is 9.53 Å². The molecule has 1 unspecified atom stereocenters. The molecule has 1 aliphatic rings. The highest BCUT2D eigenvalue weighted by Crippen LogP contribution is 2.24. The van der Waals surface area contributed by atoms with E-state index < -0.39 is 0 Å². The van der Waals surface area contributed by atoms with Gasteiger partial charge in [-0.3, -0.25) is 9.48 Å². The molecule has 0 aliphatic carbocycles. The number of piperidine rings is 1. The van der Waals surface area contributed by atoms with Crippen LogP contribution in [0, 0.1) is 6.92 Å². The van der Waals surface area contributed by atoms with Gasteiger partial charge in [-0.15, -0.1) is 12.4 Å². The van der Waals surface area contributed by atoms with Gasteiger partial charge < -0.3 is 15.4 Å². The average Bonchev–Trinajstić information content (AvgIpc) is 3.21. The largest absolute Gasteiger partial charge is 0.457 e. The highest BCUT2D eigenvalue weighted by atomic mass is 35.5. The number of halogens is 1. The zero-order chi connectivity index (χ0) is 19.3. The summed E-state index contributed by atoms with van der Waals surface area (Å²) in [5, 5.41) is 10.7. The van der Waals surface area contributed by atoms with Crippen LogP contribution >= 0.6 is 12.4 Å². The van der Waals surface area contributed by atoms with Crippen molar-refractivity contribution in [2.75, 3.05) is 18.4 Å². The Bertz CT molecular complexity index is 949. The molecule has 0 radical (unpaired) electrons. The molecule has 2 aromatic carbocycles. The van der Waals surface area contributed by atoms with E-state index in [1.54, 1.807) is 6.07 Å². The van der Waals surface area contributed by atoms with Crippen LogP contribution in [0.4, 0.5) is 5.69 Å². The number of aromatic nitrogens is 2. The second kappa shape index (κ2) is 9.58. The first-order valence-corrected chi connectivity index (χ1v) is 9.59. The van der Waals surface area contributed by atoms with E-state index in [9.17, 15) is 4.79 Å². The van der Waals surface area contributed by atoms with E-state index >= 15 is 0 Å². The molecule has 152 valence electrons. The molecule has 0 spiro atoms. The van der Waals surface area contributed by atoms with Gasteiger partial charge in [-0.1, -0.05) is 12.1 Å². The van der Waals surface area contributed by atoms with Gasteiger partial charge in [0, 0.05) is 18.4 Å². The van der Waals surface area contributed by atoms with Crippen LogP contribution in [0.3, 0.4) is 0 Å². The molecule has 0 saturated carbocycles. The highest BCUT2D eigenvalue weighted by molar-refractivity contribution is 6.02. The van der Waals surface area contributed by atoms with Gasteiger partial charge in [0.1, 0.15) is 11.5 Å². The maximum absolute atomic E-state index is 12.5. The molecule has 1 fully saturated rings. The molecule has 1 aromatic heterocycles. The second-order valence-electron chi connectivity index (χ2n) is 7.08. The lowest BCUT2D eigenvalue weighted by Gasteiger charge is -2.22. The van der Waals surface area contributed by atoms with E-state index in [0.29, 0.717) is 17.4 Å². The molecule has 0 bridgehead atoms. The summed E-state index contributed by atoms with van der Waals surface area (Å²) in [6, 6.07) is 17.3. The lowest BCUT2D eigenvalue weighted by Crippen LogP contribution is -2.32. The number of carbonyl (C=O) groups is 1. The number of anilines is 1. The van der Waals surface area contributed by atoms with Crippen LogP contribution in [-0.2, 0) is 0 Å². The molecule has 2 N–H and O–H groups in total. The second-order valence-corrected chi connectivity index (χ2v) is 7.08. The fraction of sp³-hybridized carbons (Fsp3) is 0.273. The Hall–Kier alpha value is -2.83. The summed E-state index contributed by atoms with van der Waals surface area (Å²) in [5.41, 5.74) is 2.27. The van der Waals surface area contributed by atoms with E-state index in [1.165, 1.54) is 0 Å². The highest BCUT2D eigenvalue weighted by Gasteiger charge is 2.17. The lowest BCUT2D eigenvalue weighted by molar-refractivity contribution is 0.102. The van der Waals surface area contributed by atoms with Gasteiger partial charge in [0.05, 0.1) is 6.04 Å². The van der Waals surface area contributed by atoms with Crippen LogP contribution < -0.4 is 15.4 Å². The Labute approximate surface area is 176 Å². The van der Waals surface area contributed by atoms with E-state index in [2.05, 4.69) is 15.7 Å². The van der Waals surface area contributed by atoms with Crippen molar-refractivity contribution in [1.82, 2.24) is 15.1 Å². The summed E-state index contributed by atoms with van der Waals surface area (Å²) in [5.74, 6) is 1.30. The molecular formula is C22H25ClN4O2. The van der Waals surface area contributed by atoms with E-state index in [0.717, 1.165) is 43.0 Å². The van der Waals surface area contributed by atoms with Crippen molar-refractivity contribution in [3.05, 3.63) is 72.1 Å². The molecule has 6 nitrogen and oxygen atoms in total. The lowest BCUT2D eigenvalue weighted by atomic mass is 10.1. The van der Waals surface area contributed by atoms with Crippen LogP contribution in [-0.4, -0.2) is 28.8 Å². The normalized spacial score (nSPS) is 16.0. The van der Waals surface area contributed by atoms with Crippen LogP contribution in [0.25, 0.3) is 0 Å². The van der Waals surface area contributed by atoms with Crippen molar-refractivity contribution in [3.8, 4) is 11.5 Å². The summed E-state index contributed by atoms with van der Waals surface area (Å²) < 4.78 is 7.73. The maximum Gasteiger partial charge on any atom is 0.276 e. The van der Waals surface area contributed by atoms with E-state index in [-0.39, 0.29) is 18.3 Å². The predicted molar refractivity (Wildman–Crippen MR) is 116 cm³/mol. The summed E-state index contributed by atoms with van der Waals surface area (Å²) in [6.45, 7) is 3.97. The van der Waals surface area contributed by atoms with Crippen LogP contribution in [0.15, 0.2) is 60.8 Å². The Balaban J connectivity index is 0.00000240. The Kier molecular flexibility index (Phi) is 6.90.